The van der Waals surface area contributed by atoms with Gasteiger partial charge in [0.05, 0.1) is 21.0 Å². The summed E-state index contributed by atoms with van der Waals surface area (Å²) >= 11 is 6.40. The van der Waals surface area contributed by atoms with Gasteiger partial charge < -0.3 is 9.88 Å². The van der Waals surface area contributed by atoms with Crippen molar-refractivity contribution in [3.63, 3.8) is 0 Å². The molecule has 1 aromatic heterocycles. The van der Waals surface area contributed by atoms with Crippen molar-refractivity contribution in [3.8, 4) is 0 Å². The van der Waals surface area contributed by atoms with E-state index >= 15 is 0 Å². The fourth-order valence-corrected chi connectivity index (χ4v) is 3.41. The molecule has 0 spiro atoms. The molecule has 7 heteroatoms. The van der Waals surface area contributed by atoms with E-state index in [9.17, 15) is 10.1 Å². The minimum Gasteiger partial charge on any atom is -0.372 e. The van der Waals surface area contributed by atoms with Gasteiger partial charge in [0.25, 0.3) is 5.69 Å². The Morgan fingerprint density at radius 2 is 1.92 bits per heavy atom. The van der Waals surface area contributed by atoms with E-state index < -0.39 is 4.92 Å². The lowest BCUT2D eigenvalue weighted by molar-refractivity contribution is -0.384. The molecular formula is C19H17ClN4O2. The van der Waals surface area contributed by atoms with Gasteiger partial charge in [-0.1, -0.05) is 23.7 Å². The lowest BCUT2D eigenvalue weighted by Crippen LogP contribution is -2.17. The van der Waals surface area contributed by atoms with E-state index in [0.29, 0.717) is 21.9 Å². The molecule has 1 N–H and O–H groups in total. The summed E-state index contributed by atoms with van der Waals surface area (Å²) in [5, 5.41) is 11.3. The number of nitrogens with one attached hydrogen (secondary N) is 1. The molecule has 0 aliphatic carbocycles. The number of aromatic nitrogens is 2. The highest BCUT2D eigenvalue weighted by atomic mass is 35.5. The lowest BCUT2D eigenvalue weighted by atomic mass is 10.2. The SMILES string of the molecule is O=[N+]([O-])c1ccc2nc(/C(Cl)=C/c3ccc(N4CCCC4)cc3)[nH]c2c1. The van der Waals surface area contributed by atoms with Crippen LogP contribution in [0.25, 0.3) is 22.1 Å². The summed E-state index contributed by atoms with van der Waals surface area (Å²) in [6.45, 7) is 2.22. The number of benzene rings is 2. The Hall–Kier alpha value is -2.86. The number of nitro groups is 1. The molecule has 1 aliphatic rings. The highest BCUT2D eigenvalue weighted by Crippen LogP contribution is 2.26. The zero-order valence-electron chi connectivity index (χ0n) is 14.0. The fraction of sp³-hybridized carbons (Fsp3) is 0.211. The summed E-state index contributed by atoms with van der Waals surface area (Å²) in [5.74, 6) is 0.491. The predicted octanol–water partition coefficient (Wildman–Crippen LogP) is 4.81. The molecule has 1 saturated heterocycles. The van der Waals surface area contributed by atoms with Crippen molar-refractivity contribution in [2.45, 2.75) is 12.8 Å². The van der Waals surface area contributed by atoms with Gasteiger partial charge >= 0.3 is 0 Å². The number of nitrogens with zero attached hydrogens (tertiary/aromatic N) is 3. The minimum absolute atomic E-state index is 0.0188. The first-order chi connectivity index (χ1) is 12.6. The topological polar surface area (TPSA) is 75.1 Å². The molecule has 1 fully saturated rings. The third kappa shape index (κ3) is 3.28. The van der Waals surface area contributed by atoms with Crippen LogP contribution in [0.3, 0.4) is 0 Å². The molecule has 1 aliphatic heterocycles. The molecule has 0 radical (unpaired) electrons. The number of aromatic amines is 1. The van der Waals surface area contributed by atoms with Crippen LogP contribution in [-0.4, -0.2) is 28.0 Å². The predicted molar refractivity (Wildman–Crippen MR) is 104 cm³/mol. The van der Waals surface area contributed by atoms with Gasteiger partial charge in [0.2, 0.25) is 0 Å². The Morgan fingerprint density at radius 1 is 1.19 bits per heavy atom. The number of anilines is 1. The van der Waals surface area contributed by atoms with Gasteiger partial charge in [-0.3, -0.25) is 10.1 Å². The molecule has 0 atom stereocenters. The van der Waals surface area contributed by atoms with E-state index in [4.69, 9.17) is 11.6 Å². The van der Waals surface area contributed by atoms with Gasteiger partial charge in [-0.05, 0) is 42.7 Å². The molecule has 0 bridgehead atoms. The highest BCUT2D eigenvalue weighted by Gasteiger charge is 2.13. The Kier molecular flexibility index (Phi) is 4.34. The Bertz CT molecular complexity index is 988. The van der Waals surface area contributed by atoms with Crippen LogP contribution in [0.4, 0.5) is 11.4 Å². The van der Waals surface area contributed by atoms with Crippen LogP contribution in [0.5, 0.6) is 0 Å². The van der Waals surface area contributed by atoms with E-state index in [0.717, 1.165) is 18.7 Å². The monoisotopic (exact) mass is 368 g/mol. The van der Waals surface area contributed by atoms with E-state index in [-0.39, 0.29) is 5.69 Å². The zero-order valence-corrected chi connectivity index (χ0v) is 14.7. The Balaban J connectivity index is 1.58. The Labute approximate surface area is 155 Å². The van der Waals surface area contributed by atoms with Crippen LogP contribution in [0.15, 0.2) is 42.5 Å². The standard InChI is InChI=1S/C19H17ClN4O2/c20-16(11-13-3-5-14(6-4-13)23-9-1-2-10-23)19-21-17-8-7-15(24(25)26)12-18(17)22-19/h3-8,11-12H,1-2,9-10H2,(H,21,22)/b16-11-. The Morgan fingerprint density at radius 3 is 2.62 bits per heavy atom. The second-order valence-electron chi connectivity index (χ2n) is 6.32. The molecule has 132 valence electrons. The van der Waals surface area contributed by atoms with Crippen LogP contribution in [0.2, 0.25) is 0 Å². The second kappa shape index (κ2) is 6.80. The number of hydrogen-bond acceptors (Lipinski definition) is 4. The van der Waals surface area contributed by atoms with Crippen LogP contribution in [-0.2, 0) is 0 Å². The molecule has 2 heterocycles. The summed E-state index contributed by atoms with van der Waals surface area (Å²) in [6.07, 6.45) is 4.33. The number of fused-ring (bicyclic) bond motifs is 1. The van der Waals surface area contributed by atoms with Crippen LogP contribution < -0.4 is 4.90 Å². The molecule has 2 aromatic carbocycles. The van der Waals surface area contributed by atoms with Crippen molar-refractivity contribution in [2.75, 3.05) is 18.0 Å². The summed E-state index contributed by atoms with van der Waals surface area (Å²) < 4.78 is 0. The van der Waals surface area contributed by atoms with Crippen molar-refractivity contribution in [2.24, 2.45) is 0 Å². The van der Waals surface area contributed by atoms with Gasteiger partial charge in [0, 0.05) is 30.9 Å². The minimum atomic E-state index is -0.431. The molecule has 3 aromatic rings. The largest absolute Gasteiger partial charge is 0.372 e. The third-order valence-corrected chi connectivity index (χ3v) is 4.85. The van der Waals surface area contributed by atoms with Crippen molar-refractivity contribution in [3.05, 3.63) is 64.0 Å². The maximum atomic E-state index is 10.9. The average Bonchev–Trinajstić information content (AvgIpc) is 3.31. The number of H-pyrrole nitrogens is 1. The molecule has 0 unspecified atom stereocenters. The average molecular weight is 369 g/mol. The maximum Gasteiger partial charge on any atom is 0.271 e. The third-order valence-electron chi connectivity index (χ3n) is 4.56. The fourth-order valence-electron chi connectivity index (χ4n) is 3.20. The molecule has 4 rings (SSSR count). The maximum absolute atomic E-state index is 10.9. The second-order valence-corrected chi connectivity index (χ2v) is 6.73. The van der Waals surface area contributed by atoms with E-state index in [2.05, 4.69) is 27.0 Å². The smallest absolute Gasteiger partial charge is 0.271 e. The van der Waals surface area contributed by atoms with Crippen molar-refractivity contribution >= 4 is 45.1 Å². The van der Waals surface area contributed by atoms with Gasteiger partial charge in [-0.15, -0.1) is 0 Å². The van der Waals surface area contributed by atoms with Crippen molar-refractivity contribution < 1.29 is 4.92 Å². The summed E-state index contributed by atoms with van der Waals surface area (Å²) in [7, 11) is 0. The van der Waals surface area contributed by atoms with E-state index in [1.165, 1.54) is 30.7 Å². The summed E-state index contributed by atoms with van der Waals surface area (Å²) in [6, 6.07) is 12.8. The van der Waals surface area contributed by atoms with E-state index in [1.54, 1.807) is 6.07 Å². The quantitative estimate of drug-likeness (QED) is 0.529. The van der Waals surface area contributed by atoms with Gasteiger partial charge in [0.1, 0.15) is 5.82 Å². The highest BCUT2D eigenvalue weighted by molar-refractivity contribution is 6.50. The number of halogens is 1. The van der Waals surface area contributed by atoms with Gasteiger partial charge in [0.15, 0.2) is 0 Å². The van der Waals surface area contributed by atoms with Crippen molar-refractivity contribution in [1.29, 1.82) is 0 Å². The number of imidazole rings is 1. The molecule has 0 saturated carbocycles. The first-order valence-electron chi connectivity index (χ1n) is 8.47. The molecule has 6 nitrogen and oxygen atoms in total. The van der Waals surface area contributed by atoms with Gasteiger partial charge in [-0.2, -0.15) is 0 Å². The molecule has 0 amide bonds. The van der Waals surface area contributed by atoms with E-state index in [1.807, 2.05) is 18.2 Å². The number of non-ortho nitro benzene ring substituents is 1. The van der Waals surface area contributed by atoms with Crippen LogP contribution >= 0.6 is 11.6 Å². The van der Waals surface area contributed by atoms with Crippen LogP contribution in [0, 0.1) is 10.1 Å². The zero-order chi connectivity index (χ0) is 18.1. The van der Waals surface area contributed by atoms with Crippen LogP contribution in [0.1, 0.15) is 24.2 Å². The first kappa shape index (κ1) is 16.6. The number of hydrogen-bond donors (Lipinski definition) is 1. The molecular weight excluding hydrogens is 352 g/mol. The van der Waals surface area contributed by atoms with Crippen molar-refractivity contribution in [1.82, 2.24) is 9.97 Å². The summed E-state index contributed by atoms with van der Waals surface area (Å²) in [5.41, 5.74) is 3.45. The molecule has 26 heavy (non-hydrogen) atoms. The number of rotatable bonds is 4. The number of nitro benzene ring substituents is 1. The summed E-state index contributed by atoms with van der Waals surface area (Å²) in [4.78, 5) is 20.3. The first-order valence-corrected chi connectivity index (χ1v) is 8.85. The normalized spacial score (nSPS) is 15.0. The van der Waals surface area contributed by atoms with Gasteiger partial charge in [-0.25, -0.2) is 4.98 Å². The lowest BCUT2D eigenvalue weighted by Gasteiger charge is -2.17.